The Morgan fingerprint density at radius 1 is 0.955 bits per heavy atom. The predicted octanol–water partition coefficient (Wildman–Crippen LogP) is 3.09. The summed E-state index contributed by atoms with van der Waals surface area (Å²) in [7, 11) is 1.63. The molecule has 0 amide bonds. The third kappa shape index (κ3) is 2.96. The second-order valence-electron chi connectivity index (χ2n) is 4.93. The summed E-state index contributed by atoms with van der Waals surface area (Å²) in [5, 5.41) is 1.69. The number of fused-ring (bicyclic) bond motifs is 1. The van der Waals surface area contributed by atoms with Crippen LogP contribution in [0.1, 0.15) is 0 Å². The molecule has 2 aromatic carbocycles. The lowest BCUT2D eigenvalue weighted by molar-refractivity contribution is 0.296. The van der Waals surface area contributed by atoms with Gasteiger partial charge < -0.3 is 14.0 Å². The van der Waals surface area contributed by atoms with Crippen molar-refractivity contribution < 1.29 is 9.47 Å². The molecule has 0 aliphatic carbocycles. The Labute approximate surface area is 128 Å². The van der Waals surface area contributed by atoms with E-state index in [-0.39, 0.29) is 5.56 Å². The van der Waals surface area contributed by atoms with Crippen molar-refractivity contribution in [2.45, 2.75) is 6.54 Å². The fourth-order valence-electron chi connectivity index (χ4n) is 2.34. The fourth-order valence-corrected chi connectivity index (χ4v) is 2.34. The van der Waals surface area contributed by atoms with E-state index >= 15 is 0 Å². The zero-order valence-corrected chi connectivity index (χ0v) is 12.4. The highest BCUT2D eigenvalue weighted by atomic mass is 16.5. The maximum absolute atomic E-state index is 12.3. The summed E-state index contributed by atoms with van der Waals surface area (Å²) in [6, 6.07) is 16.9. The van der Waals surface area contributed by atoms with Gasteiger partial charge >= 0.3 is 0 Å². The Hall–Kier alpha value is -2.75. The maximum atomic E-state index is 12.3. The molecule has 4 nitrogen and oxygen atoms in total. The van der Waals surface area contributed by atoms with Gasteiger partial charge in [0.1, 0.15) is 18.1 Å². The molecule has 0 atom stereocenters. The van der Waals surface area contributed by atoms with Crippen molar-refractivity contribution in [3.05, 3.63) is 71.1 Å². The standard InChI is InChI=1S/C18H17NO3/c1-21-15-6-8-16(9-7-15)22-13-12-19-11-10-14-4-2-3-5-17(14)18(19)20/h2-11H,12-13H2,1H3. The van der Waals surface area contributed by atoms with Crippen LogP contribution in [0, 0.1) is 0 Å². The molecule has 0 fully saturated rings. The van der Waals surface area contributed by atoms with Crippen molar-refractivity contribution >= 4 is 10.8 Å². The highest BCUT2D eigenvalue weighted by molar-refractivity contribution is 5.81. The lowest BCUT2D eigenvalue weighted by Gasteiger charge is -2.09. The number of ether oxygens (including phenoxy) is 2. The van der Waals surface area contributed by atoms with Crippen molar-refractivity contribution in [3.8, 4) is 11.5 Å². The van der Waals surface area contributed by atoms with Crippen LogP contribution in [0.3, 0.4) is 0 Å². The molecular weight excluding hydrogens is 278 g/mol. The molecule has 0 aliphatic rings. The summed E-state index contributed by atoms with van der Waals surface area (Å²) in [5.74, 6) is 1.55. The van der Waals surface area contributed by atoms with Gasteiger partial charge in [0.25, 0.3) is 5.56 Å². The van der Waals surface area contributed by atoms with Gasteiger partial charge in [0.15, 0.2) is 0 Å². The van der Waals surface area contributed by atoms with E-state index in [2.05, 4.69) is 0 Å². The van der Waals surface area contributed by atoms with Crippen LogP contribution in [0.15, 0.2) is 65.6 Å². The van der Waals surface area contributed by atoms with E-state index in [1.807, 2.05) is 60.8 Å². The molecule has 0 saturated carbocycles. The third-order valence-corrected chi connectivity index (χ3v) is 3.55. The molecule has 0 saturated heterocycles. The molecule has 0 spiro atoms. The van der Waals surface area contributed by atoms with E-state index < -0.39 is 0 Å². The molecule has 1 heterocycles. The van der Waals surface area contributed by atoms with Crippen LogP contribution >= 0.6 is 0 Å². The highest BCUT2D eigenvalue weighted by Crippen LogP contribution is 2.17. The number of benzene rings is 2. The molecule has 112 valence electrons. The fraction of sp³-hybridized carbons (Fsp3) is 0.167. The quantitative estimate of drug-likeness (QED) is 0.726. The molecule has 0 unspecified atom stereocenters. The van der Waals surface area contributed by atoms with Gasteiger partial charge in [0.2, 0.25) is 0 Å². The summed E-state index contributed by atoms with van der Waals surface area (Å²) in [6.07, 6.45) is 1.81. The van der Waals surface area contributed by atoms with E-state index in [4.69, 9.17) is 9.47 Å². The van der Waals surface area contributed by atoms with Crippen molar-refractivity contribution in [2.75, 3.05) is 13.7 Å². The Morgan fingerprint density at radius 2 is 1.68 bits per heavy atom. The number of rotatable bonds is 5. The van der Waals surface area contributed by atoms with Gasteiger partial charge in [-0.15, -0.1) is 0 Å². The minimum atomic E-state index is 0.0106. The summed E-state index contributed by atoms with van der Waals surface area (Å²) in [5.41, 5.74) is 0.0106. The van der Waals surface area contributed by atoms with Crippen LogP contribution in [0.4, 0.5) is 0 Å². The van der Waals surface area contributed by atoms with Gasteiger partial charge in [-0.1, -0.05) is 18.2 Å². The van der Waals surface area contributed by atoms with Crippen LogP contribution in [0.25, 0.3) is 10.8 Å². The molecule has 3 rings (SSSR count). The van der Waals surface area contributed by atoms with Gasteiger partial charge in [0, 0.05) is 11.6 Å². The maximum Gasteiger partial charge on any atom is 0.258 e. The van der Waals surface area contributed by atoms with E-state index in [9.17, 15) is 4.79 Å². The molecule has 0 bridgehead atoms. The topological polar surface area (TPSA) is 40.5 Å². The van der Waals surface area contributed by atoms with E-state index in [0.717, 1.165) is 22.3 Å². The molecular formula is C18H17NO3. The molecule has 22 heavy (non-hydrogen) atoms. The lowest BCUT2D eigenvalue weighted by Crippen LogP contribution is -2.22. The van der Waals surface area contributed by atoms with Crippen molar-refractivity contribution in [3.63, 3.8) is 0 Å². The molecule has 0 radical (unpaired) electrons. The number of methoxy groups -OCH3 is 1. The molecule has 3 aromatic rings. The second kappa shape index (κ2) is 6.35. The zero-order chi connectivity index (χ0) is 15.4. The van der Waals surface area contributed by atoms with E-state index in [1.54, 1.807) is 11.7 Å². The van der Waals surface area contributed by atoms with Gasteiger partial charge in [-0.3, -0.25) is 4.79 Å². The van der Waals surface area contributed by atoms with Crippen molar-refractivity contribution in [1.29, 1.82) is 0 Å². The Morgan fingerprint density at radius 3 is 2.45 bits per heavy atom. The largest absolute Gasteiger partial charge is 0.497 e. The zero-order valence-electron chi connectivity index (χ0n) is 12.4. The average molecular weight is 295 g/mol. The lowest BCUT2D eigenvalue weighted by atomic mass is 10.2. The first-order chi connectivity index (χ1) is 10.8. The minimum absolute atomic E-state index is 0.0106. The van der Waals surface area contributed by atoms with Crippen LogP contribution in [0.5, 0.6) is 11.5 Å². The first-order valence-corrected chi connectivity index (χ1v) is 7.13. The summed E-state index contributed by atoms with van der Waals surface area (Å²) in [4.78, 5) is 12.3. The minimum Gasteiger partial charge on any atom is -0.497 e. The molecule has 0 N–H and O–H groups in total. The average Bonchev–Trinajstić information content (AvgIpc) is 2.58. The first-order valence-electron chi connectivity index (χ1n) is 7.13. The third-order valence-electron chi connectivity index (χ3n) is 3.55. The number of hydrogen-bond donors (Lipinski definition) is 0. The monoisotopic (exact) mass is 295 g/mol. The Bertz CT molecular complexity index is 822. The molecule has 0 aliphatic heterocycles. The van der Waals surface area contributed by atoms with E-state index in [1.165, 1.54) is 0 Å². The molecule has 4 heteroatoms. The van der Waals surface area contributed by atoms with Crippen molar-refractivity contribution in [2.24, 2.45) is 0 Å². The van der Waals surface area contributed by atoms with Crippen LogP contribution in [-0.2, 0) is 6.54 Å². The summed E-state index contributed by atoms with van der Waals surface area (Å²) in [6.45, 7) is 0.945. The summed E-state index contributed by atoms with van der Waals surface area (Å²) < 4.78 is 12.4. The van der Waals surface area contributed by atoms with Gasteiger partial charge in [-0.05, 0) is 41.8 Å². The van der Waals surface area contributed by atoms with Gasteiger partial charge in [-0.2, -0.15) is 0 Å². The smallest absolute Gasteiger partial charge is 0.258 e. The predicted molar refractivity (Wildman–Crippen MR) is 86.7 cm³/mol. The number of hydrogen-bond acceptors (Lipinski definition) is 3. The molecule has 1 aromatic heterocycles. The van der Waals surface area contributed by atoms with E-state index in [0.29, 0.717) is 13.2 Å². The van der Waals surface area contributed by atoms with Crippen LogP contribution < -0.4 is 15.0 Å². The SMILES string of the molecule is COc1ccc(OCCn2ccc3ccccc3c2=O)cc1. The Balaban J connectivity index is 1.68. The van der Waals surface area contributed by atoms with Crippen molar-refractivity contribution in [1.82, 2.24) is 4.57 Å². The normalized spacial score (nSPS) is 10.6. The second-order valence-corrected chi connectivity index (χ2v) is 4.93. The van der Waals surface area contributed by atoms with Crippen LogP contribution in [-0.4, -0.2) is 18.3 Å². The van der Waals surface area contributed by atoms with Crippen LogP contribution in [0.2, 0.25) is 0 Å². The van der Waals surface area contributed by atoms with Gasteiger partial charge in [-0.25, -0.2) is 0 Å². The summed E-state index contributed by atoms with van der Waals surface area (Å²) >= 11 is 0. The number of aromatic nitrogens is 1. The first kappa shape index (κ1) is 14.2. The Kier molecular flexibility index (Phi) is 4.10. The number of nitrogens with zero attached hydrogens (tertiary/aromatic N) is 1. The van der Waals surface area contributed by atoms with Gasteiger partial charge in [0.05, 0.1) is 13.7 Å². The highest BCUT2D eigenvalue weighted by Gasteiger charge is 2.02. The number of pyridine rings is 1.